The lowest BCUT2D eigenvalue weighted by Crippen LogP contribution is -2.41. The van der Waals surface area contributed by atoms with E-state index in [1.165, 1.54) is 25.7 Å². The molecule has 1 fully saturated rings. The van der Waals surface area contributed by atoms with Crippen LogP contribution in [0.4, 0.5) is 0 Å². The highest BCUT2D eigenvalue weighted by atomic mass is 16.5. The minimum absolute atomic E-state index is 0.545. The Balaban J connectivity index is 1.97. The molecule has 2 rings (SSSR count). The normalized spacial score (nSPS) is 15.9. The van der Waals surface area contributed by atoms with Gasteiger partial charge in [0.05, 0.1) is 14.2 Å². The molecule has 1 aliphatic rings. The number of aliphatic imine (C=N–C) groups is 1. The van der Waals surface area contributed by atoms with Gasteiger partial charge in [-0.25, -0.2) is 0 Å². The Kier molecular flexibility index (Phi) is 5.72. The standard InChI is InChI=1S/C16H25N3O2/c1-17-16(19-13-8-4-5-9-13)18-11-12-7-6-10-14(20-2)15(12)21-3/h6-7,10,13H,4-5,8-9,11H2,1-3H3,(H2,17,18,19). The van der Waals surface area contributed by atoms with Crippen molar-refractivity contribution in [3.05, 3.63) is 23.8 Å². The molecule has 0 heterocycles. The topological polar surface area (TPSA) is 54.9 Å². The van der Waals surface area contributed by atoms with Crippen LogP contribution in [-0.4, -0.2) is 33.3 Å². The first kappa shape index (κ1) is 15.5. The highest BCUT2D eigenvalue weighted by molar-refractivity contribution is 5.80. The maximum Gasteiger partial charge on any atom is 0.191 e. The molecule has 0 unspecified atom stereocenters. The molecule has 1 aromatic rings. The van der Waals surface area contributed by atoms with Crippen LogP contribution in [0.5, 0.6) is 11.5 Å². The zero-order chi connectivity index (χ0) is 15.1. The molecule has 1 aliphatic carbocycles. The lowest BCUT2D eigenvalue weighted by atomic mass is 10.2. The number of nitrogens with one attached hydrogen (secondary N) is 2. The summed E-state index contributed by atoms with van der Waals surface area (Å²) in [4.78, 5) is 4.29. The molecule has 1 saturated carbocycles. The van der Waals surface area contributed by atoms with Crippen LogP contribution in [0, 0.1) is 0 Å². The number of para-hydroxylation sites is 1. The molecule has 116 valence electrons. The highest BCUT2D eigenvalue weighted by Gasteiger charge is 2.16. The molecular weight excluding hydrogens is 266 g/mol. The van der Waals surface area contributed by atoms with Crippen molar-refractivity contribution < 1.29 is 9.47 Å². The van der Waals surface area contributed by atoms with Gasteiger partial charge in [0.1, 0.15) is 0 Å². The predicted molar refractivity (Wildman–Crippen MR) is 85.1 cm³/mol. The summed E-state index contributed by atoms with van der Waals surface area (Å²) >= 11 is 0. The van der Waals surface area contributed by atoms with Gasteiger partial charge >= 0.3 is 0 Å². The second-order valence-corrected chi connectivity index (χ2v) is 5.20. The Hall–Kier alpha value is -1.91. The Morgan fingerprint density at radius 3 is 2.62 bits per heavy atom. The first-order valence-electron chi connectivity index (χ1n) is 7.45. The Morgan fingerprint density at radius 1 is 1.24 bits per heavy atom. The Bertz CT molecular complexity index is 482. The first-order valence-corrected chi connectivity index (χ1v) is 7.45. The van der Waals surface area contributed by atoms with E-state index in [0.717, 1.165) is 23.0 Å². The number of hydrogen-bond acceptors (Lipinski definition) is 3. The van der Waals surface area contributed by atoms with Crippen molar-refractivity contribution in [1.82, 2.24) is 10.6 Å². The van der Waals surface area contributed by atoms with Gasteiger partial charge in [-0.15, -0.1) is 0 Å². The van der Waals surface area contributed by atoms with Crippen LogP contribution in [0.2, 0.25) is 0 Å². The molecule has 5 nitrogen and oxygen atoms in total. The zero-order valence-corrected chi connectivity index (χ0v) is 13.1. The quantitative estimate of drug-likeness (QED) is 0.646. The second kappa shape index (κ2) is 7.76. The van der Waals surface area contributed by atoms with E-state index in [1.807, 2.05) is 18.2 Å². The number of methoxy groups -OCH3 is 2. The molecule has 5 heteroatoms. The van der Waals surface area contributed by atoms with Crippen molar-refractivity contribution in [3.63, 3.8) is 0 Å². The average Bonchev–Trinajstić information content (AvgIpc) is 3.03. The summed E-state index contributed by atoms with van der Waals surface area (Å²) in [6.07, 6.45) is 5.06. The van der Waals surface area contributed by atoms with Crippen molar-refractivity contribution in [2.75, 3.05) is 21.3 Å². The number of hydrogen-bond donors (Lipinski definition) is 2. The van der Waals surface area contributed by atoms with Gasteiger partial charge in [0, 0.05) is 25.2 Å². The van der Waals surface area contributed by atoms with Gasteiger partial charge in [0.2, 0.25) is 0 Å². The summed E-state index contributed by atoms with van der Waals surface area (Å²) in [5.41, 5.74) is 1.05. The highest BCUT2D eigenvalue weighted by Crippen LogP contribution is 2.30. The van der Waals surface area contributed by atoms with Crippen molar-refractivity contribution in [3.8, 4) is 11.5 Å². The molecule has 0 bridgehead atoms. The minimum Gasteiger partial charge on any atom is -0.493 e. The van der Waals surface area contributed by atoms with Gasteiger partial charge in [-0.05, 0) is 18.9 Å². The van der Waals surface area contributed by atoms with E-state index >= 15 is 0 Å². The minimum atomic E-state index is 0.545. The van der Waals surface area contributed by atoms with Crippen LogP contribution in [-0.2, 0) is 6.54 Å². The molecule has 0 saturated heterocycles. The SMILES string of the molecule is CN=C(NCc1cccc(OC)c1OC)NC1CCCC1. The van der Waals surface area contributed by atoms with E-state index in [0.29, 0.717) is 12.6 Å². The van der Waals surface area contributed by atoms with Crippen LogP contribution < -0.4 is 20.1 Å². The van der Waals surface area contributed by atoms with Crippen molar-refractivity contribution in [2.24, 2.45) is 4.99 Å². The molecule has 0 amide bonds. The lowest BCUT2D eigenvalue weighted by molar-refractivity contribution is 0.351. The number of ether oxygens (including phenoxy) is 2. The molecule has 0 atom stereocenters. The van der Waals surface area contributed by atoms with Crippen LogP contribution in [0.3, 0.4) is 0 Å². The summed E-state index contributed by atoms with van der Waals surface area (Å²) in [6.45, 7) is 0.646. The molecule has 0 spiro atoms. The Morgan fingerprint density at radius 2 is 2.00 bits per heavy atom. The molecule has 21 heavy (non-hydrogen) atoms. The average molecular weight is 291 g/mol. The maximum atomic E-state index is 5.44. The van der Waals surface area contributed by atoms with Gasteiger partial charge in [0.15, 0.2) is 17.5 Å². The predicted octanol–water partition coefficient (Wildman–Crippen LogP) is 2.31. The van der Waals surface area contributed by atoms with Crippen molar-refractivity contribution in [1.29, 1.82) is 0 Å². The van der Waals surface area contributed by atoms with Crippen molar-refractivity contribution >= 4 is 5.96 Å². The third-order valence-corrected chi connectivity index (χ3v) is 3.85. The van der Waals surface area contributed by atoms with Gasteiger partial charge in [-0.3, -0.25) is 4.99 Å². The number of nitrogens with zero attached hydrogens (tertiary/aromatic N) is 1. The largest absolute Gasteiger partial charge is 0.493 e. The van der Waals surface area contributed by atoms with E-state index in [4.69, 9.17) is 9.47 Å². The van der Waals surface area contributed by atoms with E-state index in [1.54, 1.807) is 21.3 Å². The van der Waals surface area contributed by atoms with Gasteiger partial charge in [-0.1, -0.05) is 25.0 Å². The third kappa shape index (κ3) is 4.03. The monoisotopic (exact) mass is 291 g/mol. The molecule has 2 N–H and O–H groups in total. The summed E-state index contributed by atoms with van der Waals surface area (Å²) < 4.78 is 10.8. The fourth-order valence-corrected chi connectivity index (χ4v) is 2.73. The fourth-order valence-electron chi connectivity index (χ4n) is 2.73. The number of guanidine groups is 1. The maximum absolute atomic E-state index is 5.44. The van der Waals surface area contributed by atoms with Gasteiger partial charge in [-0.2, -0.15) is 0 Å². The number of rotatable bonds is 5. The molecular formula is C16H25N3O2. The van der Waals surface area contributed by atoms with E-state index in [2.05, 4.69) is 15.6 Å². The first-order chi connectivity index (χ1) is 10.3. The van der Waals surface area contributed by atoms with E-state index < -0.39 is 0 Å². The summed E-state index contributed by atoms with van der Waals surface area (Å²) in [7, 11) is 5.11. The zero-order valence-electron chi connectivity index (χ0n) is 13.1. The van der Waals surface area contributed by atoms with Gasteiger partial charge < -0.3 is 20.1 Å². The smallest absolute Gasteiger partial charge is 0.191 e. The molecule has 1 aromatic carbocycles. The summed E-state index contributed by atoms with van der Waals surface area (Å²) in [5.74, 6) is 2.35. The molecule has 0 aromatic heterocycles. The number of benzene rings is 1. The van der Waals surface area contributed by atoms with Crippen molar-refractivity contribution in [2.45, 2.75) is 38.3 Å². The molecule has 0 aliphatic heterocycles. The van der Waals surface area contributed by atoms with Crippen LogP contribution in [0.25, 0.3) is 0 Å². The van der Waals surface area contributed by atoms with Crippen LogP contribution in [0.1, 0.15) is 31.2 Å². The van der Waals surface area contributed by atoms with E-state index in [9.17, 15) is 0 Å². The molecule has 0 radical (unpaired) electrons. The van der Waals surface area contributed by atoms with Crippen LogP contribution in [0.15, 0.2) is 23.2 Å². The Labute approximate surface area is 126 Å². The van der Waals surface area contributed by atoms with E-state index in [-0.39, 0.29) is 0 Å². The second-order valence-electron chi connectivity index (χ2n) is 5.20. The summed E-state index contributed by atoms with van der Waals surface area (Å²) in [6, 6.07) is 6.43. The van der Waals surface area contributed by atoms with Crippen LogP contribution >= 0.6 is 0 Å². The summed E-state index contributed by atoms with van der Waals surface area (Å²) in [5, 5.41) is 6.81. The third-order valence-electron chi connectivity index (χ3n) is 3.85. The fraction of sp³-hybridized carbons (Fsp3) is 0.562. The van der Waals surface area contributed by atoms with Gasteiger partial charge in [0.25, 0.3) is 0 Å². The lowest BCUT2D eigenvalue weighted by Gasteiger charge is -2.18.